The smallest absolute Gasteiger partial charge is 0.328 e. The number of H-pyrrole nitrogens is 1. The van der Waals surface area contributed by atoms with E-state index < -0.39 is 11.8 Å². The highest BCUT2D eigenvalue weighted by molar-refractivity contribution is 6.31. The number of hydrogen-bond acceptors (Lipinski definition) is 6. The Kier molecular flexibility index (Phi) is 6.43. The van der Waals surface area contributed by atoms with Crippen LogP contribution in [0.25, 0.3) is 22.4 Å². The molecule has 0 spiro atoms. The maximum atomic E-state index is 14.4. The summed E-state index contributed by atoms with van der Waals surface area (Å²) in [6.07, 6.45) is 9.27. The minimum Gasteiger partial charge on any atom is -0.478 e. The summed E-state index contributed by atoms with van der Waals surface area (Å²) in [7, 11) is 0. The molecule has 3 aromatic heterocycles. The maximum Gasteiger partial charge on any atom is 0.328 e. The number of halogens is 2. The van der Waals surface area contributed by atoms with E-state index in [-0.39, 0.29) is 5.82 Å². The Morgan fingerprint density at radius 1 is 1.42 bits per heavy atom. The van der Waals surface area contributed by atoms with Crippen LogP contribution in [0.3, 0.4) is 0 Å². The van der Waals surface area contributed by atoms with Crippen molar-refractivity contribution in [1.82, 2.24) is 24.8 Å². The second-order valence-corrected chi connectivity index (χ2v) is 7.97. The quantitative estimate of drug-likeness (QED) is 0.478. The number of aromatic amines is 1. The van der Waals surface area contributed by atoms with Crippen LogP contribution in [0.4, 0.5) is 10.2 Å². The highest BCUT2D eigenvalue weighted by Crippen LogP contribution is 2.28. The predicted octanol–water partition coefficient (Wildman–Crippen LogP) is 3.58. The standard InChI is InChI=1S/C21H22ClFN6O2/c22-14-7-15-16(10-26-19(15)25-9-14)20-27-11-17(23)21(28-20)24-8-13-3-1-5-29(12-13)6-2-4-18(30)31/h2,4,7,9-11,13H,1,3,5-6,8,12H2,(H,25,26)(H,30,31)(H,24,27,28). The van der Waals surface area contributed by atoms with E-state index in [9.17, 15) is 9.18 Å². The fourth-order valence-electron chi connectivity index (χ4n) is 3.81. The van der Waals surface area contributed by atoms with Crippen molar-refractivity contribution in [3.05, 3.63) is 47.6 Å². The van der Waals surface area contributed by atoms with Crippen LogP contribution in [-0.4, -0.2) is 62.1 Å². The second-order valence-electron chi connectivity index (χ2n) is 7.53. The molecule has 0 aliphatic carbocycles. The third-order valence-electron chi connectivity index (χ3n) is 5.27. The van der Waals surface area contributed by atoms with Crippen LogP contribution < -0.4 is 5.32 Å². The first-order chi connectivity index (χ1) is 15.0. The molecule has 31 heavy (non-hydrogen) atoms. The number of piperidine rings is 1. The number of aromatic nitrogens is 4. The van der Waals surface area contributed by atoms with Gasteiger partial charge in [0.2, 0.25) is 0 Å². The molecule has 1 unspecified atom stereocenters. The molecule has 0 saturated carbocycles. The number of nitrogens with zero attached hydrogens (tertiary/aromatic N) is 4. The number of fused-ring (bicyclic) bond motifs is 1. The van der Waals surface area contributed by atoms with Gasteiger partial charge >= 0.3 is 5.97 Å². The van der Waals surface area contributed by atoms with Crippen LogP contribution in [-0.2, 0) is 4.79 Å². The maximum absolute atomic E-state index is 14.4. The monoisotopic (exact) mass is 444 g/mol. The van der Waals surface area contributed by atoms with Gasteiger partial charge in [-0.15, -0.1) is 0 Å². The van der Waals surface area contributed by atoms with Crippen LogP contribution in [0, 0.1) is 11.7 Å². The average molecular weight is 445 g/mol. The summed E-state index contributed by atoms with van der Waals surface area (Å²) >= 11 is 6.06. The molecule has 10 heteroatoms. The van der Waals surface area contributed by atoms with Crippen molar-refractivity contribution in [2.45, 2.75) is 12.8 Å². The van der Waals surface area contributed by atoms with E-state index in [0.717, 1.165) is 43.6 Å². The van der Waals surface area contributed by atoms with Gasteiger partial charge in [0.1, 0.15) is 5.65 Å². The Balaban J connectivity index is 1.44. The molecule has 3 N–H and O–H groups in total. The third kappa shape index (κ3) is 5.18. The predicted molar refractivity (Wildman–Crippen MR) is 117 cm³/mol. The van der Waals surface area contributed by atoms with Gasteiger partial charge in [0.05, 0.1) is 11.2 Å². The molecule has 4 heterocycles. The Hall–Kier alpha value is -3.04. The van der Waals surface area contributed by atoms with Gasteiger partial charge in [0, 0.05) is 49.1 Å². The molecule has 1 fully saturated rings. The van der Waals surface area contributed by atoms with E-state index in [1.54, 1.807) is 24.5 Å². The van der Waals surface area contributed by atoms with E-state index in [0.29, 0.717) is 41.1 Å². The van der Waals surface area contributed by atoms with Crippen LogP contribution in [0.2, 0.25) is 5.02 Å². The number of carbonyl (C=O) groups is 1. The highest BCUT2D eigenvalue weighted by atomic mass is 35.5. The summed E-state index contributed by atoms with van der Waals surface area (Å²) in [6, 6.07) is 1.77. The zero-order valence-corrected chi connectivity index (χ0v) is 17.4. The summed E-state index contributed by atoms with van der Waals surface area (Å²) < 4.78 is 14.4. The van der Waals surface area contributed by atoms with Crippen molar-refractivity contribution in [2.24, 2.45) is 5.92 Å². The van der Waals surface area contributed by atoms with Gasteiger partial charge in [-0.2, -0.15) is 0 Å². The van der Waals surface area contributed by atoms with Gasteiger partial charge in [-0.25, -0.2) is 24.1 Å². The van der Waals surface area contributed by atoms with E-state index >= 15 is 0 Å². The summed E-state index contributed by atoms with van der Waals surface area (Å²) in [5, 5.41) is 13.1. The zero-order valence-electron chi connectivity index (χ0n) is 16.7. The molecule has 4 rings (SSSR count). The van der Waals surface area contributed by atoms with Crippen LogP contribution in [0.5, 0.6) is 0 Å². The van der Waals surface area contributed by atoms with Gasteiger partial charge < -0.3 is 15.4 Å². The number of rotatable bonds is 7. The largest absolute Gasteiger partial charge is 0.478 e. The highest BCUT2D eigenvalue weighted by Gasteiger charge is 2.20. The molecule has 0 bridgehead atoms. The molecule has 0 amide bonds. The summed E-state index contributed by atoms with van der Waals surface area (Å²) in [6.45, 7) is 2.88. The third-order valence-corrected chi connectivity index (χ3v) is 5.47. The normalized spacial score (nSPS) is 17.4. The molecule has 1 aliphatic heterocycles. The fourth-order valence-corrected chi connectivity index (χ4v) is 3.97. The minimum absolute atomic E-state index is 0.150. The molecular weight excluding hydrogens is 423 g/mol. The number of carboxylic acid groups (broad SMARTS) is 1. The first-order valence-corrected chi connectivity index (χ1v) is 10.4. The van der Waals surface area contributed by atoms with Crippen LogP contribution in [0.15, 0.2) is 36.8 Å². The first-order valence-electron chi connectivity index (χ1n) is 10.0. The molecule has 0 radical (unpaired) electrons. The molecule has 0 aromatic carbocycles. The van der Waals surface area contributed by atoms with Gasteiger partial charge in [-0.05, 0) is 31.4 Å². The van der Waals surface area contributed by atoms with Crippen molar-refractivity contribution >= 4 is 34.4 Å². The van der Waals surface area contributed by atoms with Crippen molar-refractivity contribution in [1.29, 1.82) is 0 Å². The fraction of sp³-hybridized carbons (Fsp3) is 0.333. The van der Waals surface area contributed by atoms with E-state index in [4.69, 9.17) is 16.7 Å². The molecular formula is C21H22ClFN6O2. The molecule has 1 atom stereocenters. The van der Waals surface area contributed by atoms with Crippen molar-refractivity contribution in [3.63, 3.8) is 0 Å². The number of pyridine rings is 1. The summed E-state index contributed by atoms with van der Waals surface area (Å²) in [4.78, 5) is 28.6. The van der Waals surface area contributed by atoms with Gasteiger partial charge in [-0.3, -0.25) is 4.90 Å². The SMILES string of the molecule is O=C(O)C=CCN1CCCC(CNc2nc(-c3c[nH]c4ncc(Cl)cc34)ncc2F)C1. The lowest BCUT2D eigenvalue weighted by Crippen LogP contribution is -2.38. The Bertz CT molecular complexity index is 1120. The Morgan fingerprint density at radius 2 is 2.29 bits per heavy atom. The van der Waals surface area contributed by atoms with Gasteiger partial charge in [0.15, 0.2) is 17.5 Å². The molecule has 3 aromatic rings. The lowest BCUT2D eigenvalue weighted by Gasteiger charge is -2.32. The Labute approximate surface area is 183 Å². The summed E-state index contributed by atoms with van der Waals surface area (Å²) in [5.74, 6) is -0.628. The number of likely N-dealkylation sites (tertiary alicyclic amines) is 1. The van der Waals surface area contributed by atoms with Crippen LogP contribution >= 0.6 is 11.6 Å². The van der Waals surface area contributed by atoms with E-state index in [1.807, 2.05) is 0 Å². The molecule has 162 valence electrons. The number of carboxylic acids is 1. The zero-order chi connectivity index (χ0) is 21.8. The minimum atomic E-state index is -0.946. The Morgan fingerprint density at radius 3 is 3.13 bits per heavy atom. The number of nitrogens with one attached hydrogen (secondary N) is 2. The second kappa shape index (κ2) is 9.40. The van der Waals surface area contributed by atoms with Gasteiger partial charge in [0.25, 0.3) is 0 Å². The molecule has 1 aliphatic rings. The van der Waals surface area contributed by atoms with Crippen molar-refractivity contribution < 1.29 is 14.3 Å². The van der Waals surface area contributed by atoms with E-state index in [2.05, 4.69) is 30.2 Å². The topological polar surface area (TPSA) is 107 Å². The lowest BCUT2D eigenvalue weighted by molar-refractivity contribution is -0.131. The lowest BCUT2D eigenvalue weighted by atomic mass is 9.98. The number of aliphatic carboxylic acids is 1. The van der Waals surface area contributed by atoms with Crippen molar-refractivity contribution in [2.75, 3.05) is 31.5 Å². The van der Waals surface area contributed by atoms with E-state index in [1.165, 1.54) is 0 Å². The average Bonchev–Trinajstić information content (AvgIpc) is 3.16. The van der Waals surface area contributed by atoms with Gasteiger partial charge in [-0.1, -0.05) is 17.7 Å². The van der Waals surface area contributed by atoms with Crippen LogP contribution in [0.1, 0.15) is 12.8 Å². The van der Waals surface area contributed by atoms with Crippen molar-refractivity contribution in [3.8, 4) is 11.4 Å². The first kappa shape index (κ1) is 21.2. The summed E-state index contributed by atoms with van der Waals surface area (Å²) in [5.41, 5.74) is 1.35. The molecule has 8 nitrogen and oxygen atoms in total. The number of anilines is 1. The number of hydrogen-bond donors (Lipinski definition) is 3. The molecule has 1 saturated heterocycles.